The van der Waals surface area contributed by atoms with Crippen LogP contribution in [0.2, 0.25) is 0 Å². The van der Waals surface area contributed by atoms with Gasteiger partial charge in [0.2, 0.25) is 0 Å². The standard InChI is InChI=1S/C23H32N4O2/c1-2-20(23-21(15-24-25-23)17-27-9-12-28-13-10-27)16-26(7-1)8-5-18-3-4-22-19(14-18)6-11-29-22/h3-4,14-15,20H,1-2,5-13,16-17H2,(H,24,25)/t20-/m0/s1. The molecular formula is C23H32N4O2. The fraction of sp³-hybridized carbons (Fsp3) is 0.609. The van der Waals surface area contributed by atoms with Crippen molar-refractivity contribution in [3.05, 3.63) is 46.8 Å². The molecule has 0 amide bonds. The third kappa shape index (κ3) is 4.49. The largest absolute Gasteiger partial charge is 0.493 e. The smallest absolute Gasteiger partial charge is 0.122 e. The second kappa shape index (κ2) is 8.86. The molecule has 1 N–H and O–H groups in total. The molecule has 1 aromatic carbocycles. The van der Waals surface area contributed by atoms with Crippen molar-refractivity contribution in [2.75, 3.05) is 52.5 Å². The Kier molecular flexibility index (Phi) is 5.83. The molecule has 0 aliphatic carbocycles. The Morgan fingerprint density at radius 3 is 2.97 bits per heavy atom. The SMILES string of the molecule is c1cc2c(cc1CCN1CCC[C@H](c3[nH]ncc3CN3CCOCC3)C1)CCO2. The first kappa shape index (κ1) is 19.1. The van der Waals surface area contributed by atoms with E-state index in [-0.39, 0.29) is 0 Å². The van der Waals surface area contributed by atoms with Crippen molar-refractivity contribution in [2.24, 2.45) is 0 Å². The molecule has 0 saturated carbocycles. The number of hydrogen-bond donors (Lipinski definition) is 1. The maximum Gasteiger partial charge on any atom is 0.122 e. The lowest BCUT2D eigenvalue weighted by Crippen LogP contribution is -2.37. The fourth-order valence-electron chi connectivity index (χ4n) is 4.98. The van der Waals surface area contributed by atoms with Gasteiger partial charge in [0, 0.05) is 56.3 Å². The number of likely N-dealkylation sites (tertiary alicyclic amines) is 1. The number of aromatic nitrogens is 2. The molecule has 0 bridgehead atoms. The van der Waals surface area contributed by atoms with Crippen molar-refractivity contribution in [1.82, 2.24) is 20.0 Å². The highest BCUT2D eigenvalue weighted by atomic mass is 16.5. The van der Waals surface area contributed by atoms with E-state index in [0.29, 0.717) is 5.92 Å². The molecule has 1 atom stereocenters. The van der Waals surface area contributed by atoms with Crippen LogP contribution in [-0.4, -0.2) is 72.5 Å². The summed E-state index contributed by atoms with van der Waals surface area (Å²) in [5.41, 5.74) is 5.54. The molecular weight excluding hydrogens is 364 g/mol. The molecule has 5 rings (SSSR count). The van der Waals surface area contributed by atoms with E-state index in [2.05, 4.69) is 38.2 Å². The molecule has 0 unspecified atom stereocenters. The maximum absolute atomic E-state index is 5.64. The van der Waals surface area contributed by atoms with Gasteiger partial charge in [0.15, 0.2) is 0 Å². The molecule has 3 aliphatic heterocycles. The number of hydrogen-bond acceptors (Lipinski definition) is 5. The Morgan fingerprint density at radius 2 is 2.03 bits per heavy atom. The van der Waals surface area contributed by atoms with E-state index < -0.39 is 0 Å². The minimum atomic E-state index is 0.565. The zero-order valence-corrected chi connectivity index (χ0v) is 17.2. The highest BCUT2D eigenvalue weighted by molar-refractivity contribution is 5.39. The molecule has 0 spiro atoms. The van der Waals surface area contributed by atoms with Gasteiger partial charge in [0.1, 0.15) is 5.75 Å². The van der Waals surface area contributed by atoms with Crippen LogP contribution in [0.3, 0.4) is 0 Å². The molecule has 29 heavy (non-hydrogen) atoms. The number of morpholine rings is 1. The average molecular weight is 397 g/mol. The van der Waals surface area contributed by atoms with E-state index in [1.165, 1.54) is 41.8 Å². The van der Waals surface area contributed by atoms with Crippen LogP contribution < -0.4 is 4.74 Å². The van der Waals surface area contributed by atoms with Crippen molar-refractivity contribution in [1.29, 1.82) is 0 Å². The normalized spacial score (nSPS) is 23.1. The lowest BCUT2D eigenvalue weighted by Gasteiger charge is -2.33. The van der Waals surface area contributed by atoms with Gasteiger partial charge in [-0.2, -0.15) is 5.10 Å². The summed E-state index contributed by atoms with van der Waals surface area (Å²) in [5.74, 6) is 1.65. The Morgan fingerprint density at radius 1 is 1.10 bits per heavy atom. The first-order chi connectivity index (χ1) is 14.3. The van der Waals surface area contributed by atoms with Crippen LogP contribution in [0.25, 0.3) is 0 Å². The zero-order valence-electron chi connectivity index (χ0n) is 17.2. The van der Waals surface area contributed by atoms with Gasteiger partial charge in [-0.05, 0) is 43.0 Å². The predicted octanol–water partition coefficient (Wildman–Crippen LogP) is 2.60. The van der Waals surface area contributed by atoms with Crippen molar-refractivity contribution in [3.63, 3.8) is 0 Å². The lowest BCUT2D eigenvalue weighted by molar-refractivity contribution is 0.0340. The Hall–Kier alpha value is -1.89. The van der Waals surface area contributed by atoms with E-state index in [1.807, 2.05) is 6.20 Å². The second-order valence-electron chi connectivity index (χ2n) is 8.63. The molecule has 3 aliphatic rings. The molecule has 4 heterocycles. The van der Waals surface area contributed by atoms with Crippen molar-refractivity contribution in [3.8, 4) is 5.75 Å². The summed E-state index contributed by atoms with van der Waals surface area (Å²) in [6.45, 7) is 9.03. The summed E-state index contributed by atoms with van der Waals surface area (Å²) >= 11 is 0. The average Bonchev–Trinajstić information content (AvgIpc) is 3.42. The summed E-state index contributed by atoms with van der Waals surface area (Å²) in [6.07, 6.45) is 6.73. The molecule has 1 aromatic heterocycles. The number of fused-ring (bicyclic) bond motifs is 1. The molecule has 0 radical (unpaired) electrons. The van der Waals surface area contributed by atoms with Crippen molar-refractivity contribution in [2.45, 2.75) is 38.1 Å². The van der Waals surface area contributed by atoms with E-state index >= 15 is 0 Å². The molecule has 6 nitrogen and oxygen atoms in total. The number of nitrogens with zero attached hydrogens (tertiary/aromatic N) is 3. The van der Waals surface area contributed by atoms with E-state index in [0.717, 1.165) is 71.1 Å². The summed E-state index contributed by atoms with van der Waals surface area (Å²) < 4.78 is 11.1. The van der Waals surface area contributed by atoms with E-state index in [4.69, 9.17) is 9.47 Å². The summed E-state index contributed by atoms with van der Waals surface area (Å²) in [7, 11) is 0. The van der Waals surface area contributed by atoms with Crippen LogP contribution in [-0.2, 0) is 24.1 Å². The van der Waals surface area contributed by atoms with Gasteiger partial charge in [-0.1, -0.05) is 12.1 Å². The van der Waals surface area contributed by atoms with Crippen LogP contribution in [0, 0.1) is 0 Å². The highest BCUT2D eigenvalue weighted by Gasteiger charge is 2.25. The van der Waals surface area contributed by atoms with Crippen molar-refractivity contribution >= 4 is 0 Å². The van der Waals surface area contributed by atoms with Crippen LogP contribution in [0.4, 0.5) is 0 Å². The number of nitrogens with one attached hydrogen (secondary N) is 1. The lowest BCUT2D eigenvalue weighted by atomic mass is 9.92. The number of ether oxygens (including phenoxy) is 2. The Balaban J connectivity index is 1.18. The first-order valence-electron chi connectivity index (χ1n) is 11.1. The van der Waals surface area contributed by atoms with Gasteiger partial charge in [-0.25, -0.2) is 0 Å². The van der Waals surface area contributed by atoms with Gasteiger partial charge in [0.05, 0.1) is 26.0 Å². The number of piperidine rings is 1. The minimum absolute atomic E-state index is 0.565. The monoisotopic (exact) mass is 396 g/mol. The van der Waals surface area contributed by atoms with Gasteiger partial charge >= 0.3 is 0 Å². The van der Waals surface area contributed by atoms with E-state index in [1.54, 1.807) is 0 Å². The van der Waals surface area contributed by atoms with Gasteiger partial charge in [0.25, 0.3) is 0 Å². The second-order valence-corrected chi connectivity index (χ2v) is 8.63. The number of H-pyrrole nitrogens is 1. The predicted molar refractivity (Wildman–Crippen MR) is 112 cm³/mol. The van der Waals surface area contributed by atoms with Gasteiger partial charge < -0.3 is 14.4 Å². The van der Waals surface area contributed by atoms with Crippen LogP contribution >= 0.6 is 0 Å². The summed E-state index contributed by atoms with van der Waals surface area (Å²) in [4.78, 5) is 5.12. The Bertz CT molecular complexity index is 815. The Labute approximate surface area is 173 Å². The molecule has 2 saturated heterocycles. The van der Waals surface area contributed by atoms with E-state index in [9.17, 15) is 0 Å². The number of benzene rings is 1. The third-order valence-corrected chi connectivity index (χ3v) is 6.63. The van der Waals surface area contributed by atoms with Gasteiger partial charge in [-0.15, -0.1) is 0 Å². The molecule has 156 valence electrons. The van der Waals surface area contributed by atoms with Crippen LogP contribution in [0.5, 0.6) is 5.75 Å². The first-order valence-corrected chi connectivity index (χ1v) is 11.1. The third-order valence-electron chi connectivity index (χ3n) is 6.63. The minimum Gasteiger partial charge on any atom is -0.493 e. The topological polar surface area (TPSA) is 53.6 Å². The van der Waals surface area contributed by atoms with Gasteiger partial charge in [-0.3, -0.25) is 10.00 Å². The van der Waals surface area contributed by atoms with Crippen molar-refractivity contribution < 1.29 is 9.47 Å². The fourth-order valence-corrected chi connectivity index (χ4v) is 4.98. The van der Waals surface area contributed by atoms with Crippen LogP contribution in [0.15, 0.2) is 24.4 Å². The van der Waals surface area contributed by atoms with Crippen LogP contribution in [0.1, 0.15) is 41.1 Å². The summed E-state index contributed by atoms with van der Waals surface area (Å²) in [6, 6.07) is 6.74. The number of rotatable bonds is 6. The summed E-state index contributed by atoms with van der Waals surface area (Å²) in [5, 5.41) is 7.74. The highest BCUT2D eigenvalue weighted by Crippen LogP contribution is 2.29. The molecule has 6 heteroatoms. The molecule has 2 aromatic rings. The number of aromatic amines is 1. The molecule has 2 fully saturated rings. The zero-order chi connectivity index (χ0) is 19.5. The maximum atomic E-state index is 5.64. The quantitative estimate of drug-likeness (QED) is 0.813.